The standard InChI is InChI=1S/C29H35F2N7O5/c1-14-15(2)38(35-34-14)21(9-17-6-7-17)26(40)36(3)20(8-16-4-5-16)27(41)37-13-29(12-22(37)25(32)39)28(42)33-24-19(31)10-18(30)11-23(24)43-29/h10-11,16-17,20-22H,4-9,12-13H2,1-3H3,(H2,32,39)(H,33,42)/t20-,21?,22-,29+/m0/s1. The van der Waals surface area contributed by atoms with Gasteiger partial charge in [-0.05, 0) is 38.5 Å². The zero-order valence-electron chi connectivity index (χ0n) is 24.3. The largest absolute Gasteiger partial charge is 0.473 e. The first kappa shape index (κ1) is 29.0. The molecule has 3 fully saturated rings. The van der Waals surface area contributed by atoms with Crippen molar-refractivity contribution in [1.29, 1.82) is 0 Å². The molecule has 230 valence electrons. The number of hydrogen-bond donors (Lipinski definition) is 2. The minimum Gasteiger partial charge on any atom is -0.473 e. The molecule has 14 heteroatoms. The molecule has 6 rings (SSSR count). The number of amides is 4. The van der Waals surface area contributed by atoms with E-state index in [9.17, 15) is 28.0 Å². The molecule has 1 aromatic heterocycles. The van der Waals surface area contributed by atoms with Crippen molar-refractivity contribution in [2.75, 3.05) is 18.9 Å². The second-order valence-corrected chi connectivity index (χ2v) is 12.4. The number of fused-ring (bicyclic) bond motifs is 1. The van der Waals surface area contributed by atoms with Crippen molar-refractivity contribution in [1.82, 2.24) is 24.8 Å². The van der Waals surface area contributed by atoms with Gasteiger partial charge in [0.15, 0.2) is 11.6 Å². The van der Waals surface area contributed by atoms with Gasteiger partial charge in [0.25, 0.3) is 5.91 Å². The highest BCUT2D eigenvalue weighted by molar-refractivity contribution is 6.03. The molecule has 12 nitrogen and oxygen atoms in total. The number of likely N-dealkylation sites (tertiary alicyclic amines) is 1. The minimum absolute atomic E-state index is 0.220. The third kappa shape index (κ3) is 5.31. The molecule has 0 bridgehead atoms. The molecule has 1 spiro atoms. The lowest BCUT2D eigenvalue weighted by Crippen LogP contribution is -2.56. The van der Waals surface area contributed by atoms with Crippen molar-refractivity contribution in [2.45, 2.75) is 82.5 Å². The van der Waals surface area contributed by atoms with Gasteiger partial charge in [0.1, 0.15) is 29.6 Å². The second kappa shape index (κ2) is 10.6. The molecular weight excluding hydrogens is 564 g/mol. The molecule has 2 saturated carbocycles. The number of benzene rings is 1. The van der Waals surface area contributed by atoms with E-state index in [-0.39, 0.29) is 36.2 Å². The Morgan fingerprint density at radius 1 is 1.16 bits per heavy atom. The van der Waals surface area contributed by atoms with Gasteiger partial charge in [-0.3, -0.25) is 19.2 Å². The number of nitrogens with one attached hydrogen (secondary N) is 1. The van der Waals surface area contributed by atoms with E-state index >= 15 is 0 Å². The van der Waals surface area contributed by atoms with Crippen LogP contribution in [0.3, 0.4) is 0 Å². The predicted molar refractivity (Wildman–Crippen MR) is 147 cm³/mol. The highest BCUT2D eigenvalue weighted by Crippen LogP contribution is 2.43. The monoisotopic (exact) mass is 599 g/mol. The first-order chi connectivity index (χ1) is 20.4. The fourth-order valence-electron chi connectivity index (χ4n) is 6.20. The number of hydrogen-bond acceptors (Lipinski definition) is 7. The van der Waals surface area contributed by atoms with Crippen LogP contribution in [0.5, 0.6) is 5.75 Å². The van der Waals surface area contributed by atoms with Crippen LogP contribution in [0.2, 0.25) is 0 Å². The van der Waals surface area contributed by atoms with Crippen LogP contribution >= 0.6 is 0 Å². The average molecular weight is 600 g/mol. The molecule has 3 N–H and O–H groups in total. The van der Waals surface area contributed by atoms with Crippen molar-refractivity contribution >= 4 is 29.3 Å². The van der Waals surface area contributed by atoms with E-state index in [1.807, 2.05) is 13.8 Å². The summed E-state index contributed by atoms with van der Waals surface area (Å²) in [7, 11) is 1.57. The Morgan fingerprint density at radius 3 is 2.44 bits per heavy atom. The van der Waals surface area contributed by atoms with Gasteiger partial charge in [0.2, 0.25) is 23.3 Å². The van der Waals surface area contributed by atoms with Gasteiger partial charge in [-0.25, -0.2) is 13.5 Å². The Kier molecular flexibility index (Phi) is 7.12. The molecular formula is C29H35F2N7O5. The van der Waals surface area contributed by atoms with Crippen LogP contribution in [0.15, 0.2) is 12.1 Å². The summed E-state index contributed by atoms with van der Waals surface area (Å²) in [6.45, 7) is 3.28. The topological polar surface area (TPSA) is 153 Å². The lowest BCUT2D eigenvalue weighted by atomic mass is 9.96. The number of carbonyl (C=O) groups excluding carboxylic acids is 4. The van der Waals surface area contributed by atoms with Gasteiger partial charge in [0.05, 0.1) is 17.9 Å². The molecule has 4 aliphatic rings. The van der Waals surface area contributed by atoms with Crippen molar-refractivity contribution in [3.05, 3.63) is 35.2 Å². The summed E-state index contributed by atoms with van der Waals surface area (Å²) in [6, 6.07) is -1.30. The maximum Gasteiger partial charge on any atom is 0.270 e. The lowest BCUT2D eigenvalue weighted by Gasteiger charge is -2.36. The third-order valence-electron chi connectivity index (χ3n) is 9.26. The Balaban J connectivity index is 1.30. The Morgan fingerprint density at radius 2 is 1.84 bits per heavy atom. The number of rotatable bonds is 9. The lowest BCUT2D eigenvalue weighted by molar-refractivity contribution is -0.149. The highest BCUT2D eigenvalue weighted by Gasteiger charge is 2.58. The van der Waals surface area contributed by atoms with E-state index in [1.165, 1.54) is 9.80 Å². The van der Waals surface area contributed by atoms with Crippen molar-refractivity contribution in [2.24, 2.45) is 17.6 Å². The number of nitrogens with zero attached hydrogens (tertiary/aromatic N) is 5. The normalized spacial score (nSPS) is 24.3. The summed E-state index contributed by atoms with van der Waals surface area (Å²) in [5, 5.41) is 10.8. The smallest absolute Gasteiger partial charge is 0.270 e. The number of primary amides is 1. The highest BCUT2D eigenvalue weighted by atomic mass is 19.1. The van der Waals surface area contributed by atoms with Crippen LogP contribution in [0, 0.1) is 37.3 Å². The van der Waals surface area contributed by atoms with Crippen molar-refractivity contribution in [3.8, 4) is 5.75 Å². The molecule has 4 atom stereocenters. The Hall–Kier alpha value is -4.10. The zero-order chi connectivity index (χ0) is 30.8. The van der Waals surface area contributed by atoms with Gasteiger partial charge in [0, 0.05) is 25.6 Å². The summed E-state index contributed by atoms with van der Waals surface area (Å²) in [6.07, 6.45) is 4.46. The third-order valence-corrected chi connectivity index (χ3v) is 9.26. The SMILES string of the molecule is Cc1nnn(C(CC2CC2)C(=O)N(C)[C@@H](CC2CC2)C(=O)N2C[C@@]3(C[C@H]2C(N)=O)Oc2cc(F)cc(F)c2NC3=O)c1C. The summed E-state index contributed by atoms with van der Waals surface area (Å²) in [5.41, 5.74) is 5.06. The van der Waals surface area contributed by atoms with Crippen LogP contribution in [-0.4, -0.2) is 79.7 Å². The number of aryl methyl sites for hydroxylation is 1. The van der Waals surface area contributed by atoms with E-state index in [0.717, 1.165) is 37.4 Å². The van der Waals surface area contributed by atoms with Crippen LogP contribution in [0.25, 0.3) is 0 Å². The maximum absolute atomic E-state index is 14.4. The molecule has 3 heterocycles. The van der Waals surface area contributed by atoms with Crippen LogP contribution < -0.4 is 15.8 Å². The van der Waals surface area contributed by atoms with Crippen molar-refractivity contribution in [3.63, 3.8) is 0 Å². The van der Waals surface area contributed by atoms with Gasteiger partial charge >= 0.3 is 0 Å². The number of halogens is 2. The summed E-state index contributed by atoms with van der Waals surface area (Å²) < 4.78 is 35.9. The summed E-state index contributed by atoms with van der Waals surface area (Å²) in [4.78, 5) is 56.9. The van der Waals surface area contributed by atoms with Gasteiger partial charge < -0.3 is 25.6 Å². The number of carbonyl (C=O) groups is 4. The van der Waals surface area contributed by atoms with Crippen LogP contribution in [0.1, 0.15) is 62.4 Å². The number of aromatic nitrogens is 3. The predicted octanol–water partition coefficient (Wildman–Crippen LogP) is 2.00. The number of anilines is 1. The molecule has 0 radical (unpaired) electrons. The second-order valence-electron chi connectivity index (χ2n) is 12.4. The quantitative estimate of drug-likeness (QED) is 0.447. The van der Waals surface area contributed by atoms with Crippen LogP contribution in [-0.2, 0) is 19.2 Å². The van der Waals surface area contributed by atoms with Gasteiger partial charge in [-0.2, -0.15) is 0 Å². The Labute approximate surface area is 246 Å². The van der Waals surface area contributed by atoms with Crippen molar-refractivity contribution < 1.29 is 32.7 Å². The minimum atomic E-state index is -1.81. The fourth-order valence-corrected chi connectivity index (χ4v) is 6.20. The van der Waals surface area contributed by atoms with Crippen LogP contribution in [0.4, 0.5) is 14.5 Å². The first-order valence-corrected chi connectivity index (χ1v) is 14.6. The first-order valence-electron chi connectivity index (χ1n) is 14.6. The molecule has 4 amide bonds. The molecule has 2 aromatic rings. The number of ether oxygens (including phenoxy) is 1. The summed E-state index contributed by atoms with van der Waals surface area (Å²) in [5.74, 6) is -4.07. The Bertz CT molecular complexity index is 1510. The van der Waals surface area contributed by atoms with E-state index in [1.54, 1.807) is 11.7 Å². The number of likely N-dealkylation sites (N-methyl/N-ethyl adjacent to an activating group) is 1. The fraction of sp³-hybridized carbons (Fsp3) is 0.586. The summed E-state index contributed by atoms with van der Waals surface area (Å²) >= 11 is 0. The van der Waals surface area contributed by atoms with E-state index in [0.29, 0.717) is 30.5 Å². The maximum atomic E-state index is 14.4. The molecule has 1 saturated heterocycles. The molecule has 43 heavy (non-hydrogen) atoms. The zero-order valence-corrected chi connectivity index (χ0v) is 24.3. The van der Waals surface area contributed by atoms with Gasteiger partial charge in [-0.1, -0.05) is 30.9 Å². The molecule has 1 unspecified atom stereocenters. The molecule has 2 aliphatic carbocycles. The van der Waals surface area contributed by atoms with E-state index in [2.05, 4.69) is 15.6 Å². The van der Waals surface area contributed by atoms with Gasteiger partial charge in [-0.15, -0.1) is 5.10 Å². The average Bonchev–Trinajstić information content (AvgIpc) is 3.89. The van der Waals surface area contributed by atoms with E-state index in [4.69, 9.17) is 10.5 Å². The number of nitrogens with two attached hydrogens (primary N) is 1. The molecule has 2 aliphatic heterocycles. The van der Waals surface area contributed by atoms with E-state index < -0.39 is 53.1 Å². The molecule has 1 aromatic carbocycles.